The Morgan fingerprint density at radius 2 is 2.11 bits per heavy atom. The van der Waals surface area contributed by atoms with Crippen LogP contribution in [0.1, 0.15) is 23.4 Å². The van der Waals surface area contributed by atoms with E-state index in [0.29, 0.717) is 25.2 Å². The molecule has 0 saturated heterocycles. The van der Waals surface area contributed by atoms with E-state index in [1.165, 1.54) is 5.56 Å². The van der Waals surface area contributed by atoms with Crippen LogP contribution in [0.5, 0.6) is 0 Å². The lowest BCUT2D eigenvalue weighted by Crippen LogP contribution is -2.21. The summed E-state index contributed by atoms with van der Waals surface area (Å²) in [5.41, 5.74) is 2.92. The maximum atomic E-state index is 11.0. The first-order valence-corrected chi connectivity index (χ1v) is 6.42. The van der Waals surface area contributed by atoms with Crippen LogP contribution in [0.3, 0.4) is 0 Å². The molecule has 1 heterocycles. The predicted molar refractivity (Wildman–Crippen MR) is 69.8 cm³/mol. The first-order valence-electron chi connectivity index (χ1n) is 6.42. The number of rotatable bonds is 2. The molecule has 3 rings (SSSR count). The van der Waals surface area contributed by atoms with Gasteiger partial charge in [0.1, 0.15) is 5.76 Å². The molecule has 1 aromatic heterocycles. The summed E-state index contributed by atoms with van der Waals surface area (Å²) in [6.45, 7) is 2.03. The molecular formula is C15H15NO3. The molecule has 4 heteroatoms. The number of hydrogen-bond acceptors (Lipinski definition) is 3. The topological polar surface area (TPSA) is 63.3 Å². The van der Waals surface area contributed by atoms with Crippen LogP contribution < -0.4 is 0 Å². The van der Waals surface area contributed by atoms with E-state index in [9.17, 15) is 4.79 Å². The number of hydrogen-bond donors (Lipinski definition) is 1. The zero-order valence-corrected chi connectivity index (χ0v) is 10.7. The number of aryl methyl sites for hydroxylation is 2. The van der Waals surface area contributed by atoms with Crippen molar-refractivity contribution in [1.82, 2.24) is 4.98 Å². The number of oxazole rings is 1. The average Bonchev–Trinajstić information content (AvgIpc) is 2.82. The Hall–Kier alpha value is -2.10. The second-order valence-electron chi connectivity index (χ2n) is 5.03. The van der Waals surface area contributed by atoms with Crippen LogP contribution in [0, 0.1) is 12.8 Å². The zero-order chi connectivity index (χ0) is 13.4. The van der Waals surface area contributed by atoms with E-state index < -0.39 is 5.97 Å². The summed E-state index contributed by atoms with van der Waals surface area (Å²) in [5, 5.41) is 9.06. The minimum atomic E-state index is -0.745. The molecule has 1 atom stereocenters. The summed E-state index contributed by atoms with van der Waals surface area (Å²) in [7, 11) is 0. The molecule has 1 N–H and O–H groups in total. The minimum Gasteiger partial charge on any atom is -0.481 e. The number of carboxylic acids is 1. The van der Waals surface area contributed by atoms with Crippen molar-refractivity contribution in [3.8, 4) is 11.5 Å². The standard InChI is InChI=1S/C15H15NO3/c1-9-2-4-10(5-3-9)14-16-12-8-11(15(17)18)6-7-13(12)19-14/h2-5,11H,6-8H2,1H3,(H,17,18). The molecule has 4 nitrogen and oxygen atoms in total. The smallest absolute Gasteiger partial charge is 0.306 e. The molecule has 0 fully saturated rings. The molecule has 0 aliphatic heterocycles. The van der Waals surface area contributed by atoms with E-state index >= 15 is 0 Å². The predicted octanol–water partition coefficient (Wildman–Crippen LogP) is 2.84. The molecule has 2 aromatic rings. The fourth-order valence-corrected chi connectivity index (χ4v) is 2.41. The van der Waals surface area contributed by atoms with Crippen LogP contribution >= 0.6 is 0 Å². The van der Waals surface area contributed by atoms with Gasteiger partial charge in [0.05, 0.1) is 11.6 Å². The van der Waals surface area contributed by atoms with Gasteiger partial charge >= 0.3 is 5.97 Å². The quantitative estimate of drug-likeness (QED) is 0.898. The fraction of sp³-hybridized carbons (Fsp3) is 0.333. The monoisotopic (exact) mass is 257 g/mol. The van der Waals surface area contributed by atoms with E-state index in [2.05, 4.69) is 4.98 Å². The number of aliphatic carboxylic acids is 1. The van der Waals surface area contributed by atoms with Crippen LogP contribution in [0.25, 0.3) is 11.5 Å². The lowest BCUT2D eigenvalue weighted by molar-refractivity contribution is -0.142. The Morgan fingerprint density at radius 1 is 1.37 bits per heavy atom. The lowest BCUT2D eigenvalue weighted by Gasteiger charge is -2.15. The highest BCUT2D eigenvalue weighted by atomic mass is 16.4. The molecular weight excluding hydrogens is 242 g/mol. The third kappa shape index (κ3) is 2.26. The summed E-state index contributed by atoms with van der Waals surface area (Å²) in [5.74, 6) is 0.359. The van der Waals surface area contributed by atoms with Crippen molar-refractivity contribution in [3.05, 3.63) is 41.3 Å². The highest BCUT2D eigenvalue weighted by Crippen LogP contribution is 2.30. The number of benzene rings is 1. The summed E-state index contributed by atoms with van der Waals surface area (Å²) >= 11 is 0. The number of fused-ring (bicyclic) bond motifs is 1. The number of carbonyl (C=O) groups is 1. The summed E-state index contributed by atoms with van der Waals surface area (Å²) in [4.78, 5) is 15.5. The van der Waals surface area contributed by atoms with Crippen LogP contribution in [0.4, 0.5) is 0 Å². The van der Waals surface area contributed by atoms with Crippen LogP contribution in [-0.2, 0) is 17.6 Å². The first-order chi connectivity index (χ1) is 9.13. The SMILES string of the molecule is Cc1ccc(-c2nc3c(o2)CCC(C(=O)O)C3)cc1. The molecule has 19 heavy (non-hydrogen) atoms. The summed E-state index contributed by atoms with van der Waals surface area (Å²) in [6, 6.07) is 7.97. The largest absolute Gasteiger partial charge is 0.481 e. The Balaban J connectivity index is 1.91. The summed E-state index contributed by atoms with van der Waals surface area (Å²) < 4.78 is 5.76. The molecule has 0 bridgehead atoms. The Labute approximate surface area is 111 Å². The van der Waals surface area contributed by atoms with Crippen LogP contribution in [0.15, 0.2) is 28.7 Å². The van der Waals surface area contributed by atoms with E-state index in [-0.39, 0.29) is 5.92 Å². The third-order valence-electron chi connectivity index (χ3n) is 3.59. The van der Waals surface area contributed by atoms with Gasteiger partial charge in [0.15, 0.2) is 0 Å². The van der Waals surface area contributed by atoms with E-state index in [0.717, 1.165) is 17.0 Å². The lowest BCUT2D eigenvalue weighted by atomic mass is 9.90. The molecule has 0 amide bonds. The van der Waals surface area contributed by atoms with Gasteiger partial charge in [0, 0.05) is 18.4 Å². The molecule has 1 aliphatic rings. The van der Waals surface area contributed by atoms with Gasteiger partial charge in [-0.05, 0) is 25.5 Å². The maximum absolute atomic E-state index is 11.0. The number of carboxylic acid groups (broad SMARTS) is 1. The average molecular weight is 257 g/mol. The van der Waals surface area contributed by atoms with Crippen molar-refractivity contribution >= 4 is 5.97 Å². The second-order valence-corrected chi connectivity index (χ2v) is 5.03. The highest BCUT2D eigenvalue weighted by Gasteiger charge is 2.28. The maximum Gasteiger partial charge on any atom is 0.306 e. The highest BCUT2D eigenvalue weighted by molar-refractivity contribution is 5.70. The van der Waals surface area contributed by atoms with E-state index in [1.54, 1.807) is 0 Å². The van der Waals surface area contributed by atoms with Crippen molar-refractivity contribution in [2.45, 2.75) is 26.2 Å². The van der Waals surface area contributed by atoms with Gasteiger partial charge in [-0.1, -0.05) is 17.7 Å². The molecule has 0 radical (unpaired) electrons. The third-order valence-corrected chi connectivity index (χ3v) is 3.59. The first kappa shape index (κ1) is 12.0. The van der Waals surface area contributed by atoms with Gasteiger partial charge in [0.2, 0.25) is 5.89 Å². The normalized spacial score (nSPS) is 18.1. The van der Waals surface area contributed by atoms with Gasteiger partial charge in [-0.3, -0.25) is 4.79 Å². The Morgan fingerprint density at radius 3 is 2.79 bits per heavy atom. The Kier molecular flexibility index (Phi) is 2.85. The minimum absolute atomic E-state index is 0.330. The van der Waals surface area contributed by atoms with Crippen molar-refractivity contribution in [2.24, 2.45) is 5.92 Å². The molecule has 1 aromatic carbocycles. The van der Waals surface area contributed by atoms with Crippen molar-refractivity contribution < 1.29 is 14.3 Å². The van der Waals surface area contributed by atoms with Gasteiger partial charge in [-0.25, -0.2) is 4.98 Å². The fourth-order valence-electron chi connectivity index (χ4n) is 2.41. The molecule has 0 spiro atoms. The van der Waals surface area contributed by atoms with Crippen LogP contribution in [0.2, 0.25) is 0 Å². The van der Waals surface area contributed by atoms with Gasteiger partial charge in [-0.15, -0.1) is 0 Å². The number of nitrogens with zero attached hydrogens (tertiary/aromatic N) is 1. The van der Waals surface area contributed by atoms with Crippen molar-refractivity contribution in [1.29, 1.82) is 0 Å². The van der Waals surface area contributed by atoms with Gasteiger partial charge in [-0.2, -0.15) is 0 Å². The van der Waals surface area contributed by atoms with Crippen molar-refractivity contribution in [2.75, 3.05) is 0 Å². The van der Waals surface area contributed by atoms with E-state index in [4.69, 9.17) is 9.52 Å². The molecule has 98 valence electrons. The summed E-state index contributed by atoms with van der Waals surface area (Å²) in [6.07, 6.45) is 1.76. The Bertz CT molecular complexity index is 613. The molecule has 1 unspecified atom stereocenters. The van der Waals surface area contributed by atoms with Crippen molar-refractivity contribution in [3.63, 3.8) is 0 Å². The van der Waals surface area contributed by atoms with Gasteiger partial charge < -0.3 is 9.52 Å². The van der Waals surface area contributed by atoms with Crippen LogP contribution in [-0.4, -0.2) is 16.1 Å². The molecule has 1 aliphatic carbocycles. The van der Waals surface area contributed by atoms with Gasteiger partial charge in [0.25, 0.3) is 0 Å². The zero-order valence-electron chi connectivity index (χ0n) is 10.7. The second kappa shape index (κ2) is 4.53. The van der Waals surface area contributed by atoms with E-state index in [1.807, 2.05) is 31.2 Å². The molecule has 0 saturated carbocycles. The number of aromatic nitrogens is 1.